The molecule has 4 nitrogen and oxygen atoms in total. The smallest absolute Gasteiger partial charge is 0.223 e. The first-order chi connectivity index (χ1) is 12.2. The van der Waals surface area contributed by atoms with Gasteiger partial charge in [0, 0.05) is 12.5 Å². The fraction of sp³-hybridized carbons (Fsp3) is 0.667. The highest BCUT2D eigenvalue weighted by Crippen LogP contribution is 2.58. The lowest BCUT2D eigenvalue weighted by Gasteiger charge is -2.29. The second-order valence-corrected chi connectivity index (χ2v) is 8.28. The van der Waals surface area contributed by atoms with Crippen LogP contribution in [0.25, 0.3) is 0 Å². The number of aryl methyl sites for hydroxylation is 1. The van der Waals surface area contributed by atoms with Gasteiger partial charge in [0.15, 0.2) is 0 Å². The first-order valence-electron chi connectivity index (χ1n) is 9.97. The van der Waals surface area contributed by atoms with Gasteiger partial charge < -0.3 is 10.6 Å². The van der Waals surface area contributed by atoms with E-state index in [1.165, 1.54) is 36.8 Å². The van der Waals surface area contributed by atoms with E-state index < -0.39 is 0 Å². The number of nitrogens with one attached hydrogen (secondary N) is 2. The lowest BCUT2D eigenvalue weighted by molar-refractivity contribution is -0.123. The van der Waals surface area contributed by atoms with Crippen molar-refractivity contribution in [3.8, 4) is 0 Å². The molecule has 0 bridgehead atoms. The van der Waals surface area contributed by atoms with Crippen LogP contribution in [0.15, 0.2) is 24.3 Å². The van der Waals surface area contributed by atoms with Crippen molar-refractivity contribution < 1.29 is 4.79 Å². The zero-order chi connectivity index (χ0) is 17.3. The van der Waals surface area contributed by atoms with Gasteiger partial charge in [-0.15, -0.1) is 24.8 Å². The standard InChI is InChI=1S/C21H31N3O.2ClH/c1-16-4-6-17(7-5-16)19(24-12-2-3-13-24)15-23-20(25)18-14-21(18)8-10-22-11-9-21;;/h4-7,18-19,22H,2-3,8-15H2,1H3,(H,23,25);2*1H. The molecule has 0 aromatic heterocycles. The van der Waals surface area contributed by atoms with Crippen molar-refractivity contribution in [3.05, 3.63) is 35.4 Å². The van der Waals surface area contributed by atoms with Crippen LogP contribution in [0.2, 0.25) is 0 Å². The van der Waals surface area contributed by atoms with Crippen LogP contribution < -0.4 is 10.6 Å². The molecule has 1 spiro atoms. The molecule has 2 N–H and O–H groups in total. The van der Waals surface area contributed by atoms with Crippen LogP contribution in [0.4, 0.5) is 0 Å². The molecule has 2 saturated heterocycles. The van der Waals surface area contributed by atoms with Crippen molar-refractivity contribution in [2.24, 2.45) is 11.3 Å². The van der Waals surface area contributed by atoms with Gasteiger partial charge in [0.05, 0.1) is 6.04 Å². The Balaban J connectivity index is 0.00000131. The Labute approximate surface area is 175 Å². The summed E-state index contributed by atoms with van der Waals surface area (Å²) >= 11 is 0. The summed E-state index contributed by atoms with van der Waals surface area (Å²) in [5.41, 5.74) is 2.95. The number of likely N-dealkylation sites (tertiary alicyclic amines) is 1. The highest BCUT2D eigenvalue weighted by Gasteiger charge is 2.57. The van der Waals surface area contributed by atoms with Crippen LogP contribution in [0.5, 0.6) is 0 Å². The van der Waals surface area contributed by atoms with Gasteiger partial charge in [-0.3, -0.25) is 9.69 Å². The molecule has 1 amide bonds. The lowest BCUT2D eigenvalue weighted by atomic mass is 9.91. The van der Waals surface area contributed by atoms with Gasteiger partial charge in [0.25, 0.3) is 0 Å². The monoisotopic (exact) mass is 413 g/mol. The number of piperidine rings is 1. The third-order valence-corrected chi connectivity index (χ3v) is 6.62. The van der Waals surface area contributed by atoms with Crippen LogP contribution >= 0.6 is 24.8 Å². The van der Waals surface area contributed by atoms with E-state index in [4.69, 9.17) is 0 Å². The van der Waals surface area contributed by atoms with E-state index in [0.717, 1.165) is 39.1 Å². The number of amides is 1. The summed E-state index contributed by atoms with van der Waals surface area (Å²) in [6, 6.07) is 9.15. The molecule has 1 aliphatic carbocycles. The van der Waals surface area contributed by atoms with E-state index >= 15 is 0 Å². The minimum atomic E-state index is 0. The highest BCUT2D eigenvalue weighted by molar-refractivity contribution is 5.85. The van der Waals surface area contributed by atoms with E-state index in [1.807, 2.05) is 0 Å². The van der Waals surface area contributed by atoms with Crippen LogP contribution in [0, 0.1) is 18.3 Å². The van der Waals surface area contributed by atoms with Gasteiger partial charge in [-0.25, -0.2) is 0 Å². The first kappa shape index (κ1) is 22.5. The fourth-order valence-corrected chi connectivity index (χ4v) is 4.82. The maximum atomic E-state index is 12.7. The lowest BCUT2D eigenvalue weighted by Crippen LogP contribution is -2.39. The molecule has 27 heavy (non-hydrogen) atoms. The minimum absolute atomic E-state index is 0. The van der Waals surface area contributed by atoms with Gasteiger partial charge >= 0.3 is 0 Å². The Bertz CT molecular complexity index is 610. The van der Waals surface area contributed by atoms with Crippen molar-refractivity contribution in [2.75, 3.05) is 32.7 Å². The Morgan fingerprint density at radius 1 is 1.19 bits per heavy atom. The van der Waals surface area contributed by atoms with Gasteiger partial charge in [0.2, 0.25) is 5.91 Å². The van der Waals surface area contributed by atoms with E-state index in [9.17, 15) is 4.79 Å². The van der Waals surface area contributed by atoms with E-state index in [0.29, 0.717) is 17.4 Å². The molecular weight excluding hydrogens is 381 g/mol. The van der Waals surface area contributed by atoms with Gasteiger partial charge in [-0.05, 0) is 76.2 Å². The van der Waals surface area contributed by atoms with Gasteiger partial charge in [0.1, 0.15) is 0 Å². The predicted molar refractivity (Wildman–Crippen MR) is 115 cm³/mol. The summed E-state index contributed by atoms with van der Waals surface area (Å²) < 4.78 is 0. The Morgan fingerprint density at radius 2 is 1.81 bits per heavy atom. The molecule has 1 saturated carbocycles. The second-order valence-electron chi connectivity index (χ2n) is 8.28. The number of hydrogen-bond acceptors (Lipinski definition) is 3. The molecule has 6 heteroatoms. The maximum Gasteiger partial charge on any atom is 0.223 e. The van der Waals surface area contributed by atoms with Gasteiger partial charge in [-0.1, -0.05) is 29.8 Å². The largest absolute Gasteiger partial charge is 0.354 e. The third kappa shape index (κ3) is 4.97. The maximum absolute atomic E-state index is 12.7. The molecular formula is C21H33Cl2N3O. The molecule has 4 rings (SSSR count). The van der Waals surface area contributed by atoms with Crippen molar-refractivity contribution in [3.63, 3.8) is 0 Å². The Hall–Kier alpha value is -0.810. The summed E-state index contributed by atoms with van der Waals surface area (Å²) in [5, 5.41) is 6.72. The van der Waals surface area contributed by atoms with Crippen molar-refractivity contribution in [1.29, 1.82) is 0 Å². The summed E-state index contributed by atoms with van der Waals surface area (Å²) in [7, 11) is 0. The minimum Gasteiger partial charge on any atom is -0.354 e. The molecule has 3 aliphatic rings. The first-order valence-corrected chi connectivity index (χ1v) is 9.97. The highest BCUT2D eigenvalue weighted by atomic mass is 35.5. The zero-order valence-corrected chi connectivity index (χ0v) is 17.8. The molecule has 2 aliphatic heterocycles. The molecule has 2 heterocycles. The summed E-state index contributed by atoms with van der Waals surface area (Å²) in [6.07, 6.45) is 5.97. The number of benzene rings is 1. The average Bonchev–Trinajstić information content (AvgIpc) is 3.06. The number of carbonyl (C=O) groups excluding carboxylic acids is 1. The van der Waals surface area contributed by atoms with Crippen LogP contribution in [0.1, 0.15) is 49.3 Å². The second kappa shape index (κ2) is 9.60. The molecule has 2 atom stereocenters. The summed E-state index contributed by atoms with van der Waals surface area (Å²) in [6.45, 7) is 7.31. The van der Waals surface area contributed by atoms with E-state index in [1.54, 1.807) is 0 Å². The molecule has 1 aromatic carbocycles. The summed E-state index contributed by atoms with van der Waals surface area (Å²) in [5.74, 6) is 0.546. The third-order valence-electron chi connectivity index (χ3n) is 6.62. The Kier molecular flexibility index (Phi) is 7.99. The number of nitrogens with zero attached hydrogens (tertiary/aromatic N) is 1. The van der Waals surface area contributed by atoms with Crippen LogP contribution in [-0.2, 0) is 4.79 Å². The normalized spacial score (nSPS) is 24.6. The molecule has 152 valence electrons. The number of carbonyl (C=O) groups is 1. The van der Waals surface area contributed by atoms with Crippen molar-refractivity contribution in [1.82, 2.24) is 15.5 Å². The van der Waals surface area contributed by atoms with E-state index in [-0.39, 0.29) is 30.7 Å². The van der Waals surface area contributed by atoms with E-state index in [2.05, 4.69) is 46.7 Å². The SMILES string of the molecule is Cc1ccc(C(CNC(=O)C2CC23CCNCC3)N2CCCC2)cc1.Cl.Cl. The van der Waals surface area contributed by atoms with Crippen LogP contribution in [-0.4, -0.2) is 43.5 Å². The summed E-state index contributed by atoms with van der Waals surface area (Å²) in [4.78, 5) is 15.3. The van der Waals surface area contributed by atoms with Crippen LogP contribution in [0.3, 0.4) is 0 Å². The molecule has 2 unspecified atom stereocenters. The quantitative estimate of drug-likeness (QED) is 0.776. The topological polar surface area (TPSA) is 44.4 Å². The zero-order valence-electron chi connectivity index (χ0n) is 16.2. The number of hydrogen-bond donors (Lipinski definition) is 2. The van der Waals surface area contributed by atoms with Crippen molar-refractivity contribution >= 4 is 30.7 Å². The number of halogens is 2. The Morgan fingerprint density at radius 3 is 2.44 bits per heavy atom. The number of rotatable bonds is 5. The molecule has 1 aromatic rings. The van der Waals surface area contributed by atoms with Gasteiger partial charge in [-0.2, -0.15) is 0 Å². The molecule has 3 fully saturated rings. The fourth-order valence-electron chi connectivity index (χ4n) is 4.82. The average molecular weight is 414 g/mol. The predicted octanol–water partition coefficient (Wildman–Crippen LogP) is 3.48. The van der Waals surface area contributed by atoms with Crippen molar-refractivity contribution in [2.45, 2.75) is 45.1 Å². The molecule has 0 radical (unpaired) electrons.